The van der Waals surface area contributed by atoms with Crippen LogP contribution in [0.5, 0.6) is 0 Å². The van der Waals surface area contributed by atoms with Crippen molar-refractivity contribution in [2.24, 2.45) is 0 Å². The molecule has 0 saturated heterocycles. The van der Waals surface area contributed by atoms with Crippen molar-refractivity contribution in [3.05, 3.63) is 30.1 Å². The van der Waals surface area contributed by atoms with Crippen LogP contribution in [-0.2, 0) is 14.8 Å². The molecule has 2 rings (SSSR count). The minimum atomic E-state index is -3.53. The molecule has 7 nitrogen and oxygen atoms in total. The highest BCUT2D eigenvalue weighted by Gasteiger charge is 2.18. The lowest BCUT2D eigenvalue weighted by atomic mass is 10.2. The molecular formula is C14H17FN4O3S3. The lowest BCUT2D eigenvalue weighted by Crippen LogP contribution is -2.31. The van der Waals surface area contributed by atoms with Crippen molar-refractivity contribution < 1.29 is 17.6 Å². The number of anilines is 2. The Morgan fingerprint density at radius 1 is 1.32 bits per heavy atom. The zero-order valence-electron chi connectivity index (χ0n) is 13.6. The number of hydrogen-bond acceptors (Lipinski definition) is 7. The SMILES string of the molecule is CSc1nnc(NC(=O)CCCN(c2ccc(F)cc2)S(C)(=O)=O)s1. The van der Waals surface area contributed by atoms with Crippen molar-refractivity contribution in [3.63, 3.8) is 0 Å². The molecule has 0 aliphatic carbocycles. The number of benzene rings is 1. The van der Waals surface area contributed by atoms with Crippen LogP contribution in [0.25, 0.3) is 0 Å². The smallest absolute Gasteiger partial charge is 0.232 e. The van der Waals surface area contributed by atoms with E-state index in [1.54, 1.807) is 0 Å². The second-order valence-corrected chi connectivity index (χ2v) is 8.98. The first kappa shape index (κ1) is 19.6. The van der Waals surface area contributed by atoms with Gasteiger partial charge in [0.25, 0.3) is 0 Å². The fourth-order valence-electron chi connectivity index (χ4n) is 2.00. The summed E-state index contributed by atoms with van der Waals surface area (Å²) >= 11 is 2.70. The molecule has 136 valence electrons. The fraction of sp³-hybridized carbons (Fsp3) is 0.357. The number of carbonyl (C=O) groups is 1. The van der Waals surface area contributed by atoms with E-state index in [1.165, 1.54) is 47.4 Å². The normalized spacial score (nSPS) is 11.3. The summed E-state index contributed by atoms with van der Waals surface area (Å²) in [6.45, 7) is 0.115. The molecule has 1 heterocycles. The molecular weight excluding hydrogens is 387 g/mol. The van der Waals surface area contributed by atoms with Crippen LogP contribution in [0, 0.1) is 5.82 Å². The average molecular weight is 405 g/mol. The lowest BCUT2D eigenvalue weighted by molar-refractivity contribution is -0.116. The molecule has 1 N–H and O–H groups in total. The predicted molar refractivity (Wildman–Crippen MR) is 98.1 cm³/mol. The van der Waals surface area contributed by atoms with Gasteiger partial charge < -0.3 is 5.32 Å². The minimum absolute atomic E-state index is 0.115. The van der Waals surface area contributed by atoms with Gasteiger partial charge in [0.15, 0.2) is 4.34 Å². The van der Waals surface area contributed by atoms with Crippen LogP contribution >= 0.6 is 23.1 Å². The Morgan fingerprint density at radius 2 is 2.00 bits per heavy atom. The van der Waals surface area contributed by atoms with E-state index in [9.17, 15) is 17.6 Å². The van der Waals surface area contributed by atoms with Gasteiger partial charge in [0.1, 0.15) is 5.82 Å². The van der Waals surface area contributed by atoms with Gasteiger partial charge in [-0.25, -0.2) is 12.8 Å². The highest BCUT2D eigenvalue weighted by molar-refractivity contribution is 8.00. The van der Waals surface area contributed by atoms with Crippen molar-refractivity contribution >= 4 is 49.8 Å². The van der Waals surface area contributed by atoms with E-state index < -0.39 is 15.8 Å². The summed E-state index contributed by atoms with van der Waals surface area (Å²) in [7, 11) is -3.53. The van der Waals surface area contributed by atoms with Crippen molar-refractivity contribution in [2.75, 3.05) is 28.7 Å². The van der Waals surface area contributed by atoms with Gasteiger partial charge in [0, 0.05) is 13.0 Å². The molecule has 0 saturated carbocycles. The van der Waals surface area contributed by atoms with Gasteiger partial charge in [0.05, 0.1) is 11.9 Å². The molecule has 0 spiro atoms. The van der Waals surface area contributed by atoms with E-state index in [2.05, 4.69) is 15.5 Å². The number of amides is 1. The van der Waals surface area contributed by atoms with E-state index in [0.717, 1.165) is 14.9 Å². The summed E-state index contributed by atoms with van der Waals surface area (Å²) in [5.41, 5.74) is 0.359. The summed E-state index contributed by atoms with van der Waals surface area (Å²) in [5, 5.41) is 10.8. The molecule has 0 bridgehead atoms. The number of thioether (sulfide) groups is 1. The fourth-order valence-corrected chi connectivity index (χ4v) is 4.15. The van der Waals surface area contributed by atoms with Crippen molar-refractivity contribution in [1.29, 1.82) is 0 Å². The van der Waals surface area contributed by atoms with Crippen LogP contribution in [-0.4, -0.2) is 43.6 Å². The second-order valence-electron chi connectivity index (χ2n) is 5.04. The first-order chi connectivity index (χ1) is 11.8. The molecule has 1 aromatic carbocycles. The van der Waals surface area contributed by atoms with Gasteiger partial charge in [0.2, 0.25) is 21.1 Å². The Balaban J connectivity index is 1.92. The molecule has 0 atom stereocenters. The predicted octanol–water partition coefficient (Wildman–Crippen LogP) is 2.58. The van der Waals surface area contributed by atoms with Gasteiger partial charge in [-0.05, 0) is 36.9 Å². The molecule has 1 amide bonds. The number of sulfonamides is 1. The maximum Gasteiger partial charge on any atom is 0.232 e. The molecule has 25 heavy (non-hydrogen) atoms. The largest absolute Gasteiger partial charge is 0.301 e. The van der Waals surface area contributed by atoms with Gasteiger partial charge in [-0.1, -0.05) is 23.1 Å². The van der Waals surface area contributed by atoms with Crippen LogP contribution in [0.15, 0.2) is 28.6 Å². The zero-order valence-corrected chi connectivity index (χ0v) is 16.0. The number of aromatic nitrogens is 2. The highest BCUT2D eigenvalue weighted by Crippen LogP contribution is 2.23. The second kappa shape index (κ2) is 8.59. The lowest BCUT2D eigenvalue weighted by Gasteiger charge is -2.22. The number of nitrogens with zero attached hydrogens (tertiary/aromatic N) is 3. The highest BCUT2D eigenvalue weighted by atomic mass is 32.2. The van der Waals surface area contributed by atoms with Crippen LogP contribution in [0.1, 0.15) is 12.8 Å². The van der Waals surface area contributed by atoms with Crippen molar-refractivity contribution in [3.8, 4) is 0 Å². The third kappa shape index (κ3) is 5.94. The Kier molecular flexibility index (Phi) is 6.73. The number of rotatable bonds is 8. The molecule has 0 aliphatic heterocycles. The van der Waals surface area contributed by atoms with Gasteiger partial charge >= 0.3 is 0 Å². The summed E-state index contributed by atoms with van der Waals surface area (Å²) in [4.78, 5) is 11.9. The van der Waals surface area contributed by atoms with Gasteiger partial charge in [-0.3, -0.25) is 9.10 Å². The van der Waals surface area contributed by atoms with Crippen LogP contribution in [0.3, 0.4) is 0 Å². The zero-order chi connectivity index (χ0) is 18.4. The maximum atomic E-state index is 13.0. The average Bonchev–Trinajstić information content (AvgIpc) is 2.99. The summed E-state index contributed by atoms with van der Waals surface area (Å²) in [5.74, 6) is -0.713. The number of nitrogens with one attached hydrogen (secondary N) is 1. The Bertz CT molecular complexity index is 824. The molecule has 0 aliphatic rings. The van der Waals surface area contributed by atoms with Crippen molar-refractivity contribution in [1.82, 2.24) is 10.2 Å². The van der Waals surface area contributed by atoms with Crippen LogP contribution < -0.4 is 9.62 Å². The minimum Gasteiger partial charge on any atom is -0.301 e. The monoisotopic (exact) mass is 404 g/mol. The molecule has 1 aromatic heterocycles. The Labute approximate surface area is 153 Å². The number of carbonyl (C=O) groups excluding carboxylic acids is 1. The first-order valence-electron chi connectivity index (χ1n) is 7.20. The third-order valence-corrected chi connectivity index (χ3v) is 6.12. The van der Waals surface area contributed by atoms with Crippen LogP contribution in [0.4, 0.5) is 15.2 Å². The van der Waals surface area contributed by atoms with Gasteiger partial charge in [-0.2, -0.15) is 0 Å². The third-order valence-electron chi connectivity index (χ3n) is 3.11. The topological polar surface area (TPSA) is 92.3 Å². The Hall–Kier alpha value is -1.72. The summed E-state index contributed by atoms with van der Waals surface area (Å²) in [6.07, 6.45) is 3.37. The molecule has 2 aromatic rings. The van der Waals surface area contributed by atoms with E-state index in [0.29, 0.717) is 17.2 Å². The Morgan fingerprint density at radius 3 is 2.56 bits per heavy atom. The molecule has 11 heteroatoms. The first-order valence-corrected chi connectivity index (χ1v) is 11.1. The quantitative estimate of drug-likeness (QED) is 0.537. The van der Waals surface area contributed by atoms with E-state index in [4.69, 9.17) is 0 Å². The van der Waals surface area contributed by atoms with E-state index >= 15 is 0 Å². The summed E-state index contributed by atoms with van der Waals surface area (Å²) in [6, 6.07) is 5.17. The number of hydrogen-bond donors (Lipinski definition) is 1. The molecule has 0 radical (unpaired) electrons. The maximum absolute atomic E-state index is 13.0. The summed E-state index contributed by atoms with van der Waals surface area (Å²) < 4.78 is 38.8. The standard InChI is InChI=1S/C14H17FN4O3S3/c1-23-14-18-17-13(24-14)16-12(20)4-3-9-19(25(2,21)22)11-7-5-10(15)6-8-11/h5-8H,3-4,9H2,1-2H3,(H,16,17,20). The molecule has 0 unspecified atom stereocenters. The molecule has 0 fully saturated rings. The van der Waals surface area contributed by atoms with Gasteiger partial charge in [-0.15, -0.1) is 10.2 Å². The number of halogens is 1. The van der Waals surface area contributed by atoms with E-state index in [1.807, 2.05) is 6.26 Å². The van der Waals surface area contributed by atoms with Crippen LogP contribution in [0.2, 0.25) is 0 Å². The van der Waals surface area contributed by atoms with E-state index in [-0.39, 0.29) is 18.9 Å². The van der Waals surface area contributed by atoms with Crippen molar-refractivity contribution in [2.45, 2.75) is 17.2 Å².